The summed E-state index contributed by atoms with van der Waals surface area (Å²) in [7, 11) is 1.95. The number of nitrogens with one attached hydrogen (secondary N) is 2. The molecule has 1 amide bonds. The van der Waals surface area contributed by atoms with Gasteiger partial charge in [-0.2, -0.15) is 5.10 Å². The van der Waals surface area contributed by atoms with E-state index in [-0.39, 0.29) is 5.56 Å². The number of hydrogen-bond acceptors (Lipinski definition) is 4. The second kappa shape index (κ2) is 9.19. The smallest absolute Gasteiger partial charge is 0.227 e. The highest BCUT2D eigenvalue weighted by molar-refractivity contribution is 5.80. The molecule has 2 rings (SSSR count). The monoisotopic (exact) mass is 316 g/mol. The molecule has 122 valence electrons. The number of amides is 1. The van der Waals surface area contributed by atoms with Crippen LogP contribution in [0.25, 0.3) is 0 Å². The van der Waals surface area contributed by atoms with Crippen LogP contribution in [0.4, 0.5) is 15.8 Å². The number of nitrogens with zero attached hydrogens (tertiary/aromatic N) is 1. The van der Waals surface area contributed by atoms with E-state index in [0.717, 1.165) is 0 Å². The molecule has 0 heterocycles. The van der Waals surface area contributed by atoms with Gasteiger partial charge in [0.05, 0.1) is 6.21 Å². The first-order chi connectivity index (χ1) is 11.0. The van der Waals surface area contributed by atoms with Gasteiger partial charge in [0, 0.05) is 24.0 Å². The molecule has 5 nitrogen and oxygen atoms in total. The highest BCUT2D eigenvalue weighted by Crippen LogP contribution is 2.17. The third-order valence-corrected chi connectivity index (χ3v) is 3.09. The van der Waals surface area contributed by atoms with Crippen LogP contribution in [0.15, 0.2) is 41.5 Å². The summed E-state index contributed by atoms with van der Waals surface area (Å²) < 4.78 is 13.0. The van der Waals surface area contributed by atoms with E-state index in [1.807, 2.05) is 12.5 Å². The van der Waals surface area contributed by atoms with E-state index in [9.17, 15) is 9.18 Å². The fourth-order valence-corrected chi connectivity index (χ4v) is 1.99. The molecule has 2 aromatic carbocycles. The molecule has 0 aliphatic carbocycles. The number of rotatable bonds is 4. The van der Waals surface area contributed by atoms with Gasteiger partial charge in [-0.3, -0.25) is 4.79 Å². The van der Waals surface area contributed by atoms with Crippen molar-refractivity contribution >= 4 is 24.0 Å². The predicted octanol–water partition coefficient (Wildman–Crippen LogP) is 2.83. The van der Waals surface area contributed by atoms with Crippen molar-refractivity contribution < 1.29 is 9.18 Å². The lowest BCUT2D eigenvalue weighted by atomic mass is 10.1. The van der Waals surface area contributed by atoms with Crippen molar-refractivity contribution in [3.63, 3.8) is 0 Å². The van der Waals surface area contributed by atoms with E-state index in [4.69, 9.17) is 5.73 Å². The molecule has 4 N–H and O–H groups in total. The Balaban J connectivity index is 0.000000238. The molecule has 0 bridgehead atoms. The molecule has 0 aromatic heterocycles. The molecule has 0 spiro atoms. The standard InChI is InChI=1S/C9H13N.C8H8FN3O/c1-7-5-4-6-8(2)9(7)10-3;9-8-3-7(10)2-1-6(8)4-11-12-5-13/h4-6,10H,1-3H3;1-5H,10H2,(H,12,13)/b;11-4+. The molecule has 23 heavy (non-hydrogen) atoms. The van der Waals surface area contributed by atoms with Crippen molar-refractivity contribution in [3.8, 4) is 0 Å². The van der Waals surface area contributed by atoms with Crippen LogP contribution in [0, 0.1) is 19.7 Å². The van der Waals surface area contributed by atoms with Crippen LogP contribution in [-0.4, -0.2) is 19.7 Å². The number of para-hydroxylation sites is 1. The third kappa shape index (κ3) is 5.78. The van der Waals surface area contributed by atoms with Crippen molar-refractivity contribution in [3.05, 3.63) is 58.9 Å². The number of aryl methyl sites for hydroxylation is 2. The highest BCUT2D eigenvalue weighted by atomic mass is 19.1. The summed E-state index contributed by atoms with van der Waals surface area (Å²) in [4.78, 5) is 9.80. The maximum absolute atomic E-state index is 13.0. The van der Waals surface area contributed by atoms with Gasteiger partial charge in [-0.1, -0.05) is 18.2 Å². The van der Waals surface area contributed by atoms with Gasteiger partial charge in [0.1, 0.15) is 5.82 Å². The molecule has 0 fully saturated rings. The fourth-order valence-electron chi connectivity index (χ4n) is 1.99. The molecular weight excluding hydrogens is 295 g/mol. The Kier molecular flexibility index (Phi) is 7.26. The Morgan fingerprint density at radius 3 is 2.30 bits per heavy atom. The van der Waals surface area contributed by atoms with Crippen LogP contribution in [0.3, 0.4) is 0 Å². The summed E-state index contributed by atoms with van der Waals surface area (Å²) in [6.07, 6.45) is 1.59. The second-order valence-electron chi connectivity index (χ2n) is 4.80. The lowest BCUT2D eigenvalue weighted by Gasteiger charge is -2.07. The number of hydrogen-bond donors (Lipinski definition) is 3. The zero-order valence-electron chi connectivity index (χ0n) is 13.4. The molecule has 0 aliphatic heterocycles. The SMILES string of the molecule is CNc1c(C)cccc1C.Nc1ccc(/C=N/NC=O)c(F)c1. The Morgan fingerprint density at radius 1 is 1.17 bits per heavy atom. The normalized spacial score (nSPS) is 9.91. The van der Waals surface area contributed by atoms with Crippen LogP contribution in [-0.2, 0) is 4.79 Å². The average molecular weight is 316 g/mol. The topological polar surface area (TPSA) is 79.5 Å². The van der Waals surface area contributed by atoms with Crippen LogP contribution < -0.4 is 16.5 Å². The number of benzene rings is 2. The van der Waals surface area contributed by atoms with E-state index in [2.05, 4.69) is 42.5 Å². The Bertz CT molecular complexity index is 666. The molecule has 0 radical (unpaired) electrons. The van der Waals surface area contributed by atoms with Crippen molar-refractivity contribution in [2.75, 3.05) is 18.1 Å². The number of anilines is 2. The van der Waals surface area contributed by atoms with Gasteiger partial charge in [-0.15, -0.1) is 0 Å². The number of hydrazone groups is 1. The van der Waals surface area contributed by atoms with Gasteiger partial charge in [-0.05, 0) is 43.2 Å². The Hall–Kier alpha value is -2.89. The first-order valence-corrected chi connectivity index (χ1v) is 7.00. The number of nitrogens with two attached hydrogens (primary N) is 1. The van der Waals surface area contributed by atoms with Gasteiger partial charge >= 0.3 is 0 Å². The van der Waals surface area contributed by atoms with E-state index in [1.54, 1.807) is 6.07 Å². The van der Waals surface area contributed by atoms with E-state index in [1.165, 1.54) is 35.2 Å². The van der Waals surface area contributed by atoms with Gasteiger partial charge in [0.15, 0.2) is 0 Å². The maximum atomic E-state index is 13.0. The van der Waals surface area contributed by atoms with Crippen molar-refractivity contribution in [1.82, 2.24) is 5.43 Å². The van der Waals surface area contributed by atoms with Crippen LogP contribution in [0.1, 0.15) is 16.7 Å². The zero-order valence-corrected chi connectivity index (χ0v) is 13.4. The number of halogens is 1. The lowest BCUT2D eigenvalue weighted by molar-refractivity contribution is -0.109. The molecule has 2 aromatic rings. The molecular formula is C17H21FN4O. The lowest BCUT2D eigenvalue weighted by Crippen LogP contribution is -2.01. The summed E-state index contributed by atoms with van der Waals surface area (Å²) in [5.41, 5.74) is 11.8. The molecule has 0 aliphatic rings. The van der Waals surface area contributed by atoms with Crippen LogP contribution in [0.5, 0.6) is 0 Å². The summed E-state index contributed by atoms with van der Waals surface area (Å²) in [6, 6.07) is 10.5. The predicted molar refractivity (Wildman–Crippen MR) is 93.1 cm³/mol. The summed E-state index contributed by atoms with van der Waals surface area (Å²) in [6.45, 7) is 4.22. The summed E-state index contributed by atoms with van der Waals surface area (Å²) >= 11 is 0. The van der Waals surface area contributed by atoms with Crippen molar-refractivity contribution in [2.45, 2.75) is 13.8 Å². The molecule has 0 unspecified atom stereocenters. The number of carbonyl (C=O) groups is 1. The molecule has 0 atom stereocenters. The number of carbonyl (C=O) groups excluding carboxylic acids is 1. The molecule has 0 saturated carbocycles. The van der Waals surface area contributed by atoms with E-state index >= 15 is 0 Å². The zero-order chi connectivity index (χ0) is 17.2. The summed E-state index contributed by atoms with van der Waals surface area (Å²) in [5.74, 6) is -0.476. The van der Waals surface area contributed by atoms with Gasteiger partial charge in [0.25, 0.3) is 0 Å². The van der Waals surface area contributed by atoms with Crippen LogP contribution in [0.2, 0.25) is 0 Å². The maximum Gasteiger partial charge on any atom is 0.227 e. The number of nitrogen functional groups attached to an aromatic ring is 1. The Morgan fingerprint density at radius 2 is 1.83 bits per heavy atom. The average Bonchev–Trinajstić information content (AvgIpc) is 2.50. The summed E-state index contributed by atoms with van der Waals surface area (Å²) in [5, 5.41) is 6.59. The van der Waals surface area contributed by atoms with Crippen molar-refractivity contribution in [2.24, 2.45) is 5.10 Å². The molecule has 0 saturated heterocycles. The second-order valence-corrected chi connectivity index (χ2v) is 4.80. The van der Waals surface area contributed by atoms with Crippen molar-refractivity contribution in [1.29, 1.82) is 0 Å². The van der Waals surface area contributed by atoms with Crippen LogP contribution >= 0.6 is 0 Å². The fraction of sp³-hybridized carbons (Fsp3) is 0.176. The first-order valence-electron chi connectivity index (χ1n) is 7.00. The largest absolute Gasteiger partial charge is 0.399 e. The molecule has 6 heteroatoms. The van der Waals surface area contributed by atoms with Gasteiger partial charge < -0.3 is 11.1 Å². The van der Waals surface area contributed by atoms with E-state index < -0.39 is 5.82 Å². The van der Waals surface area contributed by atoms with Gasteiger partial charge in [-0.25, -0.2) is 9.82 Å². The minimum Gasteiger partial charge on any atom is -0.399 e. The quantitative estimate of drug-likeness (QED) is 0.351. The minimum absolute atomic E-state index is 0.267. The first kappa shape index (κ1) is 18.2. The van der Waals surface area contributed by atoms with Gasteiger partial charge in [0.2, 0.25) is 6.41 Å². The highest BCUT2D eigenvalue weighted by Gasteiger charge is 1.98. The minimum atomic E-state index is -0.476. The van der Waals surface area contributed by atoms with E-state index in [0.29, 0.717) is 12.1 Å². The third-order valence-electron chi connectivity index (χ3n) is 3.09. The Labute approximate surface area is 135 Å².